The van der Waals surface area contributed by atoms with Crippen molar-refractivity contribution in [3.8, 4) is 11.5 Å². The second-order valence-electron chi connectivity index (χ2n) is 9.34. The summed E-state index contributed by atoms with van der Waals surface area (Å²) in [6, 6.07) is 16.7. The Bertz CT molecular complexity index is 891. The smallest absolute Gasteiger partial charge is 0.126 e. The van der Waals surface area contributed by atoms with Crippen LogP contribution in [0.25, 0.3) is 5.57 Å². The number of benzene rings is 2. The number of para-hydroxylation sites is 2. The molecule has 3 rings (SSSR count). The average Bonchev–Trinajstić information content (AvgIpc) is 2.89. The maximum atomic E-state index is 9.76. The van der Waals surface area contributed by atoms with Gasteiger partial charge in [-0.2, -0.15) is 0 Å². The number of aliphatic hydroxyl groups is 2. The molecule has 34 heavy (non-hydrogen) atoms. The highest BCUT2D eigenvalue weighted by Gasteiger charge is 2.21. The molecule has 1 aliphatic carbocycles. The summed E-state index contributed by atoms with van der Waals surface area (Å²) in [5, 5.41) is 19.5. The Morgan fingerprint density at radius 3 is 2.03 bits per heavy atom. The Labute approximate surface area is 205 Å². The summed E-state index contributed by atoms with van der Waals surface area (Å²) >= 11 is 0. The van der Waals surface area contributed by atoms with Gasteiger partial charge in [-0.15, -0.1) is 0 Å². The minimum atomic E-state index is -0.230. The van der Waals surface area contributed by atoms with Gasteiger partial charge in [0.1, 0.15) is 11.5 Å². The molecule has 3 unspecified atom stereocenters. The molecule has 4 heteroatoms. The summed E-state index contributed by atoms with van der Waals surface area (Å²) in [7, 11) is 0. The van der Waals surface area contributed by atoms with Gasteiger partial charge in [0.05, 0.1) is 25.4 Å². The van der Waals surface area contributed by atoms with Crippen molar-refractivity contribution in [2.75, 3.05) is 13.2 Å². The molecular formula is C30H42O4. The first-order chi connectivity index (χ1) is 16.6. The lowest BCUT2D eigenvalue weighted by Gasteiger charge is -2.25. The van der Waals surface area contributed by atoms with Crippen LogP contribution in [0.15, 0.2) is 54.6 Å². The molecule has 0 saturated carbocycles. The van der Waals surface area contributed by atoms with Crippen molar-refractivity contribution in [3.63, 3.8) is 0 Å². The van der Waals surface area contributed by atoms with Gasteiger partial charge < -0.3 is 19.7 Å². The molecule has 0 aliphatic heterocycles. The highest BCUT2D eigenvalue weighted by molar-refractivity contribution is 5.71. The van der Waals surface area contributed by atoms with Crippen LogP contribution >= 0.6 is 0 Å². The molecule has 0 radical (unpaired) electrons. The van der Waals surface area contributed by atoms with Gasteiger partial charge in [0.15, 0.2) is 0 Å². The Morgan fingerprint density at radius 2 is 1.41 bits per heavy atom. The average molecular weight is 467 g/mol. The van der Waals surface area contributed by atoms with Gasteiger partial charge in [-0.05, 0) is 87.0 Å². The van der Waals surface area contributed by atoms with Crippen LogP contribution in [-0.4, -0.2) is 35.6 Å². The predicted octanol–water partition coefficient (Wildman–Crippen LogP) is 6.90. The largest absolute Gasteiger partial charge is 0.493 e. The normalized spacial score (nSPS) is 17.6. The molecule has 0 spiro atoms. The molecule has 2 N–H and O–H groups in total. The Hall–Kier alpha value is -2.30. The number of hydrogen-bond acceptors (Lipinski definition) is 4. The van der Waals surface area contributed by atoms with Crippen molar-refractivity contribution in [1.29, 1.82) is 0 Å². The Kier molecular flexibility index (Phi) is 11.0. The van der Waals surface area contributed by atoms with E-state index in [0.717, 1.165) is 69.3 Å². The monoisotopic (exact) mass is 466 g/mol. The first-order valence-corrected chi connectivity index (χ1v) is 13.1. The molecular weight excluding hydrogens is 424 g/mol. The first kappa shape index (κ1) is 26.3. The number of aliphatic hydroxyl groups excluding tert-OH is 2. The summed E-state index contributed by atoms with van der Waals surface area (Å²) in [5.74, 6) is 2.37. The maximum absolute atomic E-state index is 9.76. The minimum Gasteiger partial charge on any atom is -0.493 e. The van der Waals surface area contributed by atoms with Crippen molar-refractivity contribution in [1.82, 2.24) is 0 Å². The van der Waals surface area contributed by atoms with E-state index in [1.54, 1.807) is 0 Å². The molecule has 0 aromatic heterocycles. The van der Waals surface area contributed by atoms with Crippen molar-refractivity contribution in [2.45, 2.75) is 89.8 Å². The summed E-state index contributed by atoms with van der Waals surface area (Å²) < 4.78 is 12.2. The molecule has 0 amide bonds. The Balaban J connectivity index is 1.59. The van der Waals surface area contributed by atoms with Crippen LogP contribution in [0.1, 0.15) is 88.7 Å². The second kappa shape index (κ2) is 14.2. The molecule has 0 saturated heterocycles. The van der Waals surface area contributed by atoms with E-state index in [-0.39, 0.29) is 12.2 Å². The van der Waals surface area contributed by atoms with Gasteiger partial charge in [-0.1, -0.05) is 56.3 Å². The molecule has 186 valence electrons. The fourth-order valence-electron chi connectivity index (χ4n) is 4.58. The van der Waals surface area contributed by atoms with Gasteiger partial charge in [0, 0.05) is 5.56 Å². The molecule has 1 aliphatic rings. The number of allylic oxidation sites excluding steroid dienone is 2. The fourth-order valence-corrected chi connectivity index (χ4v) is 4.58. The van der Waals surface area contributed by atoms with Crippen LogP contribution < -0.4 is 9.47 Å². The third-order valence-electron chi connectivity index (χ3n) is 6.82. The predicted molar refractivity (Wildman–Crippen MR) is 140 cm³/mol. The Morgan fingerprint density at radius 1 is 0.824 bits per heavy atom. The topological polar surface area (TPSA) is 58.9 Å². The molecule has 0 fully saturated rings. The lowest BCUT2D eigenvalue weighted by Crippen LogP contribution is -2.10. The number of hydrogen-bond donors (Lipinski definition) is 2. The van der Waals surface area contributed by atoms with E-state index in [1.165, 1.54) is 16.7 Å². The van der Waals surface area contributed by atoms with E-state index in [9.17, 15) is 10.2 Å². The van der Waals surface area contributed by atoms with Gasteiger partial charge in [-0.3, -0.25) is 0 Å². The number of ether oxygens (including phenoxy) is 2. The minimum absolute atomic E-state index is 0.226. The zero-order chi connectivity index (χ0) is 24.2. The third kappa shape index (κ3) is 7.89. The summed E-state index contributed by atoms with van der Waals surface area (Å²) in [6.07, 6.45) is 9.87. The van der Waals surface area contributed by atoms with Crippen LogP contribution in [0.3, 0.4) is 0 Å². The second-order valence-corrected chi connectivity index (χ2v) is 9.34. The standard InChI is InChI=1S/C30H42O4/c1-3-25(31)11-9-21-33-29-15-7-5-13-27(29)23-17-19-24(20-18-23)28-14-6-8-16-30(28)34-22-10-12-26(32)4-2/h5-8,13-17,24-26,31-32H,3-4,9-12,18-22H2,1-2H3. The zero-order valence-corrected chi connectivity index (χ0v) is 20.9. The third-order valence-corrected chi connectivity index (χ3v) is 6.82. The van der Waals surface area contributed by atoms with Gasteiger partial charge >= 0.3 is 0 Å². The van der Waals surface area contributed by atoms with E-state index in [1.807, 2.05) is 26.0 Å². The van der Waals surface area contributed by atoms with Crippen LogP contribution in [-0.2, 0) is 0 Å². The van der Waals surface area contributed by atoms with Gasteiger partial charge in [-0.25, -0.2) is 0 Å². The van der Waals surface area contributed by atoms with Crippen molar-refractivity contribution < 1.29 is 19.7 Å². The lowest BCUT2D eigenvalue weighted by atomic mass is 9.82. The number of rotatable bonds is 14. The fraction of sp³-hybridized carbons (Fsp3) is 0.533. The van der Waals surface area contributed by atoms with Crippen LogP contribution in [0.5, 0.6) is 11.5 Å². The van der Waals surface area contributed by atoms with Gasteiger partial charge in [0.2, 0.25) is 0 Å². The van der Waals surface area contributed by atoms with E-state index in [0.29, 0.717) is 19.1 Å². The van der Waals surface area contributed by atoms with Crippen LogP contribution in [0.2, 0.25) is 0 Å². The van der Waals surface area contributed by atoms with Crippen molar-refractivity contribution in [3.05, 3.63) is 65.7 Å². The highest BCUT2D eigenvalue weighted by Crippen LogP contribution is 2.41. The molecule has 0 bridgehead atoms. The quantitative estimate of drug-likeness (QED) is 0.297. The van der Waals surface area contributed by atoms with E-state index >= 15 is 0 Å². The van der Waals surface area contributed by atoms with Crippen LogP contribution in [0.4, 0.5) is 0 Å². The SMILES string of the molecule is CCC(O)CCCOc1ccccc1C1=CCC(c2ccccc2OCCCC(O)CC)CC1. The highest BCUT2D eigenvalue weighted by atomic mass is 16.5. The van der Waals surface area contributed by atoms with Crippen LogP contribution in [0, 0.1) is 0 Å². The van der Waals surface area contributed by atoms with E-state index in [4.69, 9.17) is 9.47 Å². The van der Waals surface area contributed by atoms with E-state index in [2.05, 4.69) is 42.5 Å². The van der Waals surface area contributed by atoms with Gasteiger partial charge in [0.25, 0.3) is 0 Å². The molecule has 0 heterocycles. The van der Waals surface area contributed by atoms with Crippen molar-refractivity contribution in [2.24, 2.45) is 0 Å². The van der Waals surface area contributed by atoms with Crippen molar-refractivity contribution >= 4 is 5.57 Å². The molecule has 2 aromatic carbocycles. The van der Waals surface area contributed by atoms with E-state index < -0.39 is 0 Å². The molecule has 3 atom stereocenters. The lowest BCUT2D eigenvalue weighted by molar-refractivity contribution is 0.148. The summed E-state index contributed by atoms with van der Waals surface area (Å²) in [5.41, 5.74) is 3.83. The summed E-state index contributed by atoms with van der Waals surface area (Å²) in [6.45, 7) is 5.29. The zero-order valence-electron chi connectivity index (χ0n) is 20.9. The summed E-state index contributed by atoms with van der Waals surface area (Å²) in [4.78, 5) is 0. The maximum Gasteiger partial charge on any atom is 0.126 e. The molecule has 4 nitrogen and oxygen atoms in total. The first-order valence-electron chi connectivity index (χ1n) is 13.1. The molecule has 2 aromatic rings.